The predicted molar refractivity (Wildman–Crippen MR) is 126 cm³/mol. The van der Waals surface area contributed by atoms with E-state index in [-0.39, 0.29) is 10.8 Å². The zero-order valence-corrected chi connectivity index (χ0v) is 18.7. The average molecular weight is 485 g/mol. The van der Waals surface area contributed by atoms with Crippen molar-refractivity contribution < 1.29 is 27.8 Å². The van der Waals surface area contributed by atoms with Gasteiger partial charge in [-0.15, -0.1) is 0 Å². The molecular formula is C23H21FN4O5S. The van der Waals surface area contributed by atoms with Crippen LogP contribution in [-0.4, -0.2) is 56.1 Å². The lowest BCUT2D eigenvalue weighted by molar-refractivity contribution is -0.131. The van der Waals surface area contributed by atoms with Crippen molar-refractivity contribution in [3.05, 3.63) is 66.1 Å². The van der Waals surface area contributed by atoms with Crippen LogP contribution in [0.5, 0.6) is 0 Å². The molecule has 1 unspecified atom stereocenters. The highest BCUT2D eigenvalue weighted by molar-refractivity contribution is 7.79. The maximum Gasteiger partial charge on any atom is 0.328 e. The normalized spacial score (nSPS) is 14.8. The van der Waals surface area contributed by atoms with Crippen molar-refractivity contribution in [1.29, 1.82) is 0 Å². The van der Waals surface area contributed by atoms with Crippen molar-refractivity contribution in [3.8, 4) is 11.1 Å². The van der Waals surface area contributed by atoms with Crippen LogP contribution in [0.2, 0.25) is 0 Å². The minimum Gasteiger partial charge on any atom is -0.478 e. The molecule has 34 heavy (non-hydrogen) atoms. The Labute approximate surface area is 197 Å². The zero-order chi connectivity index (χ0) is 24.1. The second-order valence-corrected chi connectivity index (χ2v) is 8.28. The molecule has 1 aliphatic heterocycles. The number of aromatic nitrogens is 2. The fourth-order valence-corrected chi connectivity index (χ4v) is 3.94. The lowest BCUT2D eigenvalue weighted by Crippen LogP contribution is -2.37. The largest absolute Gasteiger partial charge is 0.478 e. The van der Waals surface area contributed by atoms with E-state index in [9.17, 15) is 17.9 Å². The molecule has 176 valence electrons. The minimum atomic E-state index is -2.47. The predicted octanol–water partition coefficient (Wildman–Crippen LogP) is 3.54. The number of carboxylic acids is 1. The number of benzene rings is 2. The number of morpholine rings is 1. The number of halogens is 1. The van der Waals surface area contributed by atoms with Crippen LogP contribution in [0.15, 0.2) is 59.6 Å². The maximum absolute atomic E-state index is 13.8. The molecule has 3 aromatic rings. The molecule has 1 atom stereocenters. The number of anilines is 3. The number of aliphatic carboxylic acids is 1. The van der Waals surface area contributed by atoms with E-state index in [4.69, 9.17) is 9.84 Å². The van der Waals surface area contributed by atoms with Crippen LogP contribution >= 0.6 is 0 Å². The summed E-state index contributed by atoms with van der Waals surface area (Å²) in [6.07, 6.45) is 4.23. The van der Waals surface area contributed by atoms with Crippen molar-refractivity contribution >= 4 is 40.6 Å². The van der Waals surface area contributed by atoms with E-state index in [0.717, 1.165) is 23.3 Å². The summed E-state index contributed by atoms with van der Waals surface area (Å²) >= 11 is -2.47. The van der Waals surface area contributed by atoms with Crippen LogP contribution in [0, 0.1) is 5.82 Å². The number of ether oxygens (including phenoxy) is 1. The highest BCUT2D eigenvalue weighted by atomic mass is 32.2. The third kappa shape index (κ3) is 5.63. The van der Waals surface area contributed by atoms with Crippen LogP contribution in [0.1, 0.15) is 5.56 Å². The molecule has 2 aromatic carbocycles. The van der Waals surface area contributed by atoms with Crippen LogP contribution in [0.3, 0.4) is 0 Å². The van der Waals surface area contributed by atoms with E-state index < -0.39 is 22.9 Å². The molecular weight excluding hydrogens is 463 g/mol. The zero-order valence-electron chi connectivity index (χ0n) is 17.8. The molecule has 1 aliphatic rings. The van der Waals surface area contributed by atoms with Crippen molar-refractivity contribution in [3.63, 3.8) is 0 Å². The lowest BCUT2D eigenvalue weighted by Gasteiger charge is -2.29. The summed E-state index contributed by atoms with van der Waals surface area (Å²) < 4.78 is 39.9. The first-order valence-electron chi connectivity index (χ1n) is 10.3. The first-order valence-corrected chi connectivity index (χ1v) is 11.4. The Bertz CT molecular complexity index is 1260. The smallest absolute Gasteiger partial charge is 0.328 e. The molecule has 0 amide bonds. The van der Waals surface area contributed by atoms with Gasteiger partial charge in [-0.1, -0.05) is 18.2 Å². The molecule has 2 heterocycles. The van der Waals surface area contributed by atoms with Gasteiger partial charge in [0.1, 0.15) is 16.5 Å². The van der Waals surface area contributed by atoms with Gasteiger partial charge in [0.25, 0.3) is 0 Å². The Morgan fingerprint density at radius 2 is 2.00 bits per heavy atom. The third-order valence-electron chi connectivity index (χ3n) is 5.07. The number of rotatable bonds is 7. The third-order valence-corrected chi connectivity index (χ3v) is 5.76. The summed E-state index contributed by atoms with van der Waals surface area (Å²) in [4.78, 5) is 21.6. The number of carboxylic acid groups (broad SMARTS) is 1. The second kappa shape index (κ2) is 10.5. The first-order chi connectivity index (χ1) is 16.4. The molecule has 4 rings (SSSR count). The summed E-state index contributed by atoms with van der Waals surface area (Å²) in [5.74, 6) is -0.942. The quantitative estimate of drug-likeness (QED) is 0.341. The fraction of sp³-hybridized carbons (Fsp3) is 0.174. The second-order valence-electron chi connectivity index (χ2n) is 7.35. The number of carbonyl (C=O) groups is 1. The average Bonchev–Trinajstić information content (AvgIpc) is 2.84. The van der Waals surface area contributed by atoms with Gasteiger partial charge < -0.3 is 24.6 Å². The molecule has 3 N–H and O–H groups in total. The number of hydrogen-bond donors (Lipinski definition) is 3. The Balaban J connectivity index is 1.71. The van der Waals surface area contributed by atoms with Crippen LogP contribution < -0.4 is 10.2 Å². The number of hydrogen-bond acceptors (Lipinski definition) is 7. The molecule has 0 bridgehead atoms. The van der Waals surface area contributed by atoms with Crippen LogP contribution in [0.25, 0.3) is 17.2 Å². The monoisotopic (exact) mass is 484 g/mol. The van der Waals surface area contributed by atoms with Gasteiger partial charge in [0, 0.05) is 36.6 Å². The van der Waals surface area contributed by atoms with Gasteiger partial charge in [0.05, 0.1) is 13.2 Å². The molecule has 9 nitrogen and oxygen atoms in total. The van der Waals surface area contributed by atoms with Crippen molar-refractivity contribution in [2.45, 2.75) is 4.90 Å². The molecule has 1 aromatic heterocycles. The summed E-state index contributed by atoms with van der Waals surface area (Å²) in [5, 5.41) is 11.9. The Morgan fingerprint density at radius 3 is 2.74 bits per heavy atom. The van der Waals surface area contributed by atoms with Gasteiger partial charge in [-0.05, 0) is 41.5 Å². The number of nitrogens with one attached hydrogen (secondary N) is 1. The standard InChI is InChI=1S/C23H21FN4O5S/c24-19-6-5-17(13-20(19)34(31)32)26-23-25-14-18(22(27-23)28-8-10-33-11-9-28)16-3-1-2-15(12-16)4-7-21(29)30/h1-7,12-14H,8-11H2,(H,29,30)(H,31,32)(H,25,26,27)/b7-4+. The Morgan fingerprint density at radius 1 is 1.21 bits per heavy atom. The van der Waals surface area contributed by atoms with Gasteiger partial charge >= 0.3 is 5.97 Å². The van der Waals surface area contributed by atoms with Crippen LogP contribution in [0.4, 0.5) is 21.8 Å². The summed E-state index contributed by atoms with van der Waals surface area (Å²) in [7, 11) is 0. The van der Waals surface area contributed by atoms with E-state index in [1.807, 2.05) is 18.2 Å². The summed E-state index contributed by atoms with van der Waals surface area (Å²) in [6.45, 7) is 2.31. The molecule has 11 heteroatoms. The van der Waals surface area contributed by atoms with Crippen LogP contribution in [-0.2, 0) is 20.6 Å². The van der Waals surface area contributed by atoms with Gasteiger partial charge in [-0.2, -0.15) is 4.98 Å². The minimum absolute atomic E-state index is 0.230. The molecule has 0 radical (unpaired) electrons. The Kier molecular flexibility index (Phi) is 7.26. The molecule has 1 saturated heterocycles. The van der Waals surface area contributed by atoms with Crippen molar-refractivity contribution in [1.82, 2.24) is 9.97 Å². The fourth-order valence-electron chi connectivity index (χ4n) is 3.47. The van der Waals surface area contributed by atoms with Gasteiger partial charge in [0.15, 0.2) is 11.1 Å². The molecule has 0 saturated carbocycles. The van der Waals surface area contributed by atoms with E-state index in [2.05, 4.69) is 20.2 Å². The first kappa shape index (κ1) is 23.5. The topological polar surface area (TPSA) is 125 Å². The van der Waals surface area contributed by atoms with Gasteiger partial charge in [-0.3, -0.25) is 0 Å². The van der Waals surface area contributed by atoms with E-state index in [1.165, 1.54) is 18.2 Å². The summed E-state index contributed by atoms with van der Waals surface area (Å²) in [5.41, 5.74) is 2.63. The van der Waals surface area contributed by atoms with E-state index in [1.54, 1.807) is 12.3 Å². The molecule has 1 fully saturated rings. The number of nitrogens with zero attached hydrogens (tertiary/aromatic N) is 3. The molecule has 0 spiro atoms. The van der Waals surface area contributed by atoms with Crippen molar-refractivity contribution in [2.75, 3.05) is 36.5 Å². The van der Waals surface area contributed by atoms with Gasteiger partial charge in [-0.25, -0.2) is 18.4 Å². The SMILES string of the molecule is O=C(O)/C=C/c1cccc(-c2cnc(Nc3ccc(F)c(S(=O)O)c3)nc2N2CCOCC2)c1. The lowest BCUT2D eigenvalue weighted by atomic mass is 10.0. The molecule has 0 aliphatic carbocycles. The van der Waals surface area contributed by atoms with Crippen molar-refractivity contribution in [2.24, 2.45) is 0 Å². The maximum atomic E-state index is 13.8. The highest BCUT2D eigenvalue weighted by Crippen LogP contribution is 2.32. The van der Waals surface area contributed by atoms with E-state index in [0.29, 0.717) is 43.4 Å². The van der Waals surface area contributed by atoms with Gasteiger partial charge in [0.2, 0.25) is 5.95 Å². The Hall–Kier alpha value is -3.67. The van der Waals surface area contributed by atoms with E-state index >= 15 is 0 Å². The summed E-state index contributed by atoms with van der Waals surface area (Å²) in [6, 6.07) is 11.1. The highest BCUT2D eigenvalue weighted by Gasteiger charge is 2.19.